The van der Waals surface area contributed by atoms with Crippen LogP contribution in [0.25, 0.3) is 0 Å². The lowest BCUT2D eigenvalue weighted by Crippen LogP contribution is -2.51. The molecule has 1 aliphatic heterocycles. The standard InChI is InChI=1S/C12H25N3O3S/c1-3-11(13)12(16)15-9-5-4-6-10(15)7-8-14-19(2,17)18/h10-11,14H,3-9,13H2,1-2H3. The van der Waals surface area contributed by atoms with Gasteiger partial charge in [-0.15, -0.1) is 0 Å². The quantitative estimate of drug-likeness (QED) is 0.723. The molecule has 1 heterocycles. The molecule has 19 heavy (non-hydrogen) atoms. The Hall–Kier alpha value is -0.660. The number of nitrogens with two attached hydrogens (primary N) is 1. The zero-order valence-corrected chi connectivity index (χ0v) is 12.6. The predicted molar refractivity (Wildman–Crippen MR) is 75.1 cm³/mol. The summed E-state index contributed by atoms with van der Waals surface area (Å²) >= 11 is 0. The van der Waals surface area contributed by atoms with Crippen molar-refractivity contribution in [2.45, 2.75) is 51.1 Å². The zero-order valence-electron chi connectivity index (χ0n) is 11.8. The molecule has 2 unspecified atom stereocenters. The Labute approximate surface area is 115 Å². The Kier molecular flexibility index (Phi) is 6.22. The second-order valence-electron chi connectivity index (χ2n) is 5.15. The van der Waals surface area contributed by atoms with Gasteiger partial charge in [0.05, 0.1) is 12.3 Å². The van der Waals surface area contributed by atoms with E-state index in [2.05, 4.69) is 4.72 Å². The van der Waals surface area contributed by atoms with Gasteiger partial charge in [-0.2, -0.15) is 0 Å². The van der Waals surface area contributed by atoms with Crippen LogP contribution in [0.15, 0.2) is 0 Å². The Balaban J connectivity index is 2.55. The van der Waals surface area contributed by atoms with Crippen molar-refractivity contribution in [1.82, 2.24) is 9.62 Å². The molecule has 0 radical (unpaired) electrons. The minimum Gasteiger partial charge on any atom is -0.338 e. The monoisotopic (exact) mass is 291 g/mol. The first-order valence-electron chi connectivity index (χ1n) is 6.86. The van der Waals surface area contributed by atoms with Gasteiger partial charge in [-0.05, 0) is 32.1 Å². The van der Waals surface area contributed by atoms with Gasteiger partial charge in [-0.3, -0.25) is 4.79 Å². The highest BCUT2D eigenvalue weighted by atomic mass is 32.2. The van der Waals surface area contributed by atoms with Crippen LogP contribution < -0.4 is 10.5 Å². The van der Waals surface area contributed by atoms with Gasteiger partial charge in [0.1, 0.15) is 0 Å². The van der Waals surface area contributed by atoms with E-state index in [0.717, 1.165) is 32.1 Å². The molecule has 1 saturated heterocycles. The molecule has 3 N–H and O–H groups in total. The van der Waals surface area contributed by atoms with E-state index in [1.54, 1.807) is 0 Å². The maximum Gasteiger partial charge on any atom is 0.239 e. The van der Waals surface area contributed by atoms with E-state index >= 15 is 0 Å². The number of nitrogens with one attached hydrogen (secondary N) is 1. The van der Waals surface area contributed by atoms with E-state index in [-0.39, 0.29) is 11.9 Å². The number of carbonyl (C=O) groups is 1. The normalized spacial score (nSPS) is 22.3. The molecule has 7 heteroatoms. The second kappa shape index (κ2) is 7.21. The number of sulfonamides is 1. The third kappa shape index (κ3) is 5.46. The van der Waals surface area contributed by atoms with Gasteiger partial charge in [0.25, 0.3) is 0 Å². The van der Waals surface area contributed by atoms with Crippen LogP contribution in [0.4, 0.5) is 0 Å². The van der Waals surface area contributed by atoms with Crippen molar-refractivity contribution in [3.8, 4) is 0 Å². The topological polar surface area (TPSA) is 92.5 Å². The molecule has 1 aliphatic rings. The summed E-state index contributed by atoms with van der Waals surface area (Å²) in [6.07, 6.45) is 5.42. The van der Waals surface area contributed by atoms with Crippen LogP contribution >= 0.6 is 0 Å². The van der Waals surface area contributed by atoms with Gasteiger partial charge in [0, 0.05) is 19.1 Å². The summed E-state index contributed by atoms with van der Waals surface area (Å²) in [6.45, 7) is 3.00. The van der Waals surface area contributed by atoms with Crippen LogP contribution in [-0.2, 0) is 14.8 Å². The van der Waals surface area contributed by atoms with Crippen molar-refractivity contribution < 1.29 is 13.2 Å². The summed E-state index contributed by atoms with van der Waals surface area (Å²) in [4.78, 5) is 14.0. The van der Waals surface area contributed by atoms with Crippen LogP contribution in [0, 0.1) is 0 Å². The van der Waals surface area contributed by atoms with Crippen molar-refractivity contribution in [1.29, 1.82) is 0 Å². The minimum atomic E-state index is -3.16. The van der Waals surface area contributed by atoms with Crippen LogP contribution in [-0.4, -0.2) is 50.7 Å². The molecule has 0 saturated carbocycles. The first-order valence-corrected chi connectivity index (χ1v) is 8.75. The van der Waals surface area contributed by atoms with Crippen molar-refractivity contribution in [2.75, 3.05) is 19.3 Å². The van der Waals surface area contributed by atoms with Crippen LogP contribution in [0.5, 0.6) is 0 Å². The molecular weight excluding hydrogens is 266 g/mol. The molecule has 0 aromatic rings. The van der Waals surface area contributed by atoms with Crippen LogP contribution in [0.1, 0.15) is 39.0 Å². The third-order valence-electron chi connectivity index (χ3n) is 3.51. The SMILES string of the molecule is CCC(N)C(=O)N1CCCCC1CCNS(C)(=O)=O. The molecular formula is C12H25N3O3S. The fourth-order valence-corrected chi connectivity index (χ4v) is 2.88. The van der Waals surface area contributed by atoms with Gasteiger partial charge in [-0.1, -0.05) is 6.92 Å². The molecule has 6 nitrogen and oxygen atoms in total. The lowest BCUT2D eigenvalue weighted by atomic mass is 9.98. The highest BCUT2D eigenvalue weighted by Crippen LogP contribution is 2.20. The van der Waals surface area contributed by atoms with E-state index in [0.29, 0.717) is 19.4 Å². The van der Waals surface area contributed by atoms with Crippen molar-refractivity contribution in [2.24, 2.45) is 5.73 Å². The van der Waals surface area contributed by atoms with Gasteiger partial charge in [0.15, 0.2) is 0 Å². The van der Waals surface area contributed by atoms with E-state index in [1.807, 2.05) is 11.8 Å². The molecule has 0 spiro atoms. The van der Waals surface area contributed by atoms with Crippen LogP contribution in [0.2, 0.25) is 0 Å². The molecule has 2 atom stereocenters. The summed E-state index contributed by atoms with van der Waals surface area (Å²) in [5, 5.41) is 0. The summed E-state index contributed by atoms with van der Waals surface area (Å²) in [5.41, 5.74) is 5.80. The highest BCUT2D eigenvalue weighted by Gasteiger charge is 2.28. The van der Waals surface area contributed by atoms with E-state index in [1.165, 1.54) is 0 Å². The third-order valence-corrected chi connectivity index (χ3v) is 4.24. The predicted octanol–water partition coefficient (Wildman–Crippen LogP) is 0.0441. The summed E-state index contributed by atoms with van der Waals surface area (Å²) in [5.74, 6) is -0.00782. The van der Waals surface area contributed by atoms with E-state index in [4.69, 9.17) is 5.73 Å². The first kappa shape index (κ1) is 16.4. The Morgan fingerprint density at radius 2 is 2.16 bits per heavy atom. The molecule has 1 fully saturated rings. The van der Waals surface area contributed by atoms with Crippen molar-refractivity contribution in [3.63, 3.8) is 0 Å². The number of likely N-dealkylation sites (tertiary alicyclic amines) is 1. The fraction of sp³-hybridized carbons (Fsp3) is 0.917. The lowest BCUT2D eigenvalue weighted by molar-refractivity contribution is -0.136. The van der Waals surface area contributed by atoms with Crippen molar-refractivity contribution in [3.05, 3.63) is 0 Å². The number of rotatable bonds is 6. The molecule has 0 bridgehead atoms. The maximum absolute atomic E-state index is 12.2. The molecule has 0 aromatic heterocycles. The molecule has 112 valence electrons. The maximum atomic E-state index is 12.2. The number of amides is 1. The average molecular weight is 291 g/mol. The number of hydrogen-bond acceptors (Lipinski definition) is 4. The molecule has 1 amide bonds. The number of hydrogen-bond donors (Lipinski definition) is 2. The molecule has 0 aromatic carbocycles. The summed E-state index contributed by atoms with van der Waals surface area (Å²) in [6, 6.07) is -0.337. The number of nitrogens with zero attached hydrogens (tertiary/aromatic N) is 1. The number of carbonyl (C=O) groups excluding carboxylic acids is 1. The largest absolute Gasteiger partial charge is 0.338 e. The zero-order chi connectivity index (χ0) is 14.5. The van der Waals surface area contributed by atoms with E-state index in [9.17, 15) is 13.2 Å². The van der Waals surface area contributed by atoms with Gasteiger partial charge >= 0.3 is 0 Å². The van der Waals surface area contributed by atoms with Gasteiger partial charge < -0.3 is 10.6 Å². The first-order chi connectivity index (χ1) is 8.85. The smallest absolute Gasteiger partial charge is 0.239 e. The Bertz CT molecular complexity index is 397. The Morgan fingerprint density at radius 3 is 2.74 bits per heavy atom. The van der Waals surface area contributed by atoms with Crippen molar-refractivity contribution >= 4 is 15.9 Å². The highest BCUT2D eigenvalue weighted by molar-refractivity contribution is 7.88. The van der Waals surface area contributed by atoms with Gasteiger partial charge in [0.2, 0.25) is 15.9 Å². The van der Waals surface area contributed by atoms with E-state index < -0.39 is 16.1 Å². The number of piperidine rings is 1. The molecule has 1 rings (SSSR count). The summed E-state index contributed by atoms with van der Waals surface area (Å²) in [7, 11) is -3.16. The van der Waals surface area contributed by atoms with Crippen LogP contribution in [0.3, 0.4) is 0 Å². The van der Waals surface area contributed by atoms with Gasteiger partial charge in [-0.25, -0.2) is 13.1 Å². The minimum absolute atomic E-state index is 0.00782. The average Bonchev–Trinajstić information content (AvgIpc) is 2.36. The molecule has 0 aliphatic carbocycles. The fourth-order valence-electron chi connectivity index (χ4n) is 2.39. The second-order valence-corrected chi connectivity index (χ2v) is 6.98. The Morgan fingerprint density at radius 1 is 1.47 bits per heavy atom. The summed E-state index contributed by atoms with van der Waals surface area (Å²) < 4.78 is 24.5. The lowest BCUT2D eigenvalue weighted by Gasteiger charge is -2.37.